The third-order valence-corrected chi connectivity index (χ3v) is 3.30. The average molecular weight is 226 g/mol. The van der Waals surface area contributed by atoms with Crippen molar-refractivity contribution in [1.82, 2.24) is 0 Å². The van der Waals surface area contributed by atoms with Gasteiger partial charge in [-0.25, -0.2) is 0 Å². The van der Waals surface area contributed by atoms with E-state index in [-0.39, 0.29) is 5.76 Å². The lowest BCUT2D eigenvalue weighted by Crippen LogP contribution is -2.50. The zero-order valence-electron chi connectivity index (χ0n) is 9.35. The van der Waals surface area contributed by atoms with Crippen LogP contribution in [0.2, 0.25) is 0 Å². The molecule has 0 fully saturated rings. The van der Waals surface area contributed by atoms with Gasteiger partial charge in [-0.05, 0) is 19.9 Å². The van der Waals surface area contributed by atoms with E-state index >= 15 is 0 Å². The fourth-order valence-corrected chi connectivity index (χ4v) is 1.80. The monoisotopic (exact) mass is 226 g/mol. The van der Waals surface area contributed by atoms with Crippen molar-refractivity contribution in [3.05, 3.63) is 24.0 Å². The molecular formula is C11H14O5. The molecule has 88 valence electrons. The third-order valence-electron chi connectivity index (χ3n) is 3.30. The minimum atomic E-state index is -1.61. The number of carboxylic acid groups (broad SMARTS) is 2. The Labute approximate surface area is 93.0 Å². The molecule has 0 aromatic heterocycles. The molecule has 5 heteroatoms. The largest absolute Gasteiger partial charge is 0.500 e. The van der Waals surface area contributed by atoms with Crippen molar-refractivity contribution >= 4 is 11.9 Å². The Kier molecular flexibility index (Phi) is 2.81. The van der Waals surface area contributed by atoms with Crippen molar-refractivity contribution in [2.75, 3.05) is 7.11 Å². The maximum absolute atomic E-state index is 11.3. The first kappa shape index (κ1) is 12.3. The lowest BCUT2D eigenvalue weighted by Gasteiger charge is -2.40. The molecule has 0 aromatic carbocycles. The van der Waals surface area contributed by atoms with Crippen LogP contribution in [0.4, 0.5) is 0 Å². The molecule has 0 saturated carbocycles. The topological polar surface area (TPSA) is 83.8 Å². The molecule has 0 saturated heterocycles. The summed E-state index contributed by atoms with van der Waals surface area (Å²) in [5.74, 6) is -2.29. The maximum Gasteiger partial charge on any atom is 0.318 e. The summed E-state index contributed by atoms with van der Waals surface area (Å²) in [6.07, 6.45) is 4.34. The zero-order valence-corrected chi connectivity index (χ0v) is 9.35. The van der Waals surface area contributed by atoms with Crippen LogP contribution in [0.15, 0.2) is 24.0 Å². The van der Waals surface area contributed by atoms with Gasteiger partial charge in [0.1, 0.15) is 16.6 Å². The standard InChI is InChI=1S/C11H14O5/c1-10(8(12)13)6-4-5-7(16-3)11(10,2)9(14)15/h4-6H,1-3H3,(H,12,13)(H,14,15). The van der Waals surface area contributed by atoms with E-state index in [1.807, 2.05) is 0 Å². The summed E-state index contributed by atoms with van der Waals surface area (Å²) in [6.45, 7) is 2.72. The molecule has 0 spiro atoms. The molecule has 0 aliphatic heterocycles. The molecule has 16 heavy (non-hydrogen) atoms. The normalized spacial score (nSPS) is 33.1. The van der Waals surface area contributed by atoms with Gasteiger partial charge < -0.3 is 14.9 Å². The summed E-state index contributed by atoms with van der Waals surface area (Å²) in [4.78, 5) is 22.6. The van der Waals surface area contributed by atoms with Gasteiger partial charge in [0, 0.05) is 0 Å². The van der Waals surface area contributed by atoms with Crippen LogP contribution < -0.4 is 0 Å². The Morgan fingerprint density at radius 1 is 1.25 bits per heavy atom. The van der Waals surface area contributed by atoms with Crippen LogP contribution in [0.1, 0.15) is 13.8 Å². The predicted octanol–water partition coefficient (Wildman–Crippen LogP) is 1.27. The Hall–Kier alpha value is -1.78. The van der Waals surface area contributed by atoms with Crippen LogP contribution in [0, 0.1) is 10.8 Å². The van der Waals surface area contributed by atoms with Crippen LogP contribution in [-0.4, -0.2) is 29.3 Å². The minimum Gasteiger partial charge on any atom is -0.500 e. The highest BCUT2D eigenvalue weighted by Crippen LogP contribution is 2.49. The zero-order chi connectivity index (χ0) is 12.6. The van der Waals surface area contributed by atoms with E-state index in [2.05, 4.69) is 0 Å². The third kappa shape index (κ3) is 1.31. The Bertz CT molecular complexity index is 395. The van der Waals surface area contributed by atoms with Gasteiger partial charge in [-0.1, -0.05) is 12.2 Å². The molecule has 0 amide bonds. The molecule has 2 atom stereocenters. The second-order valence-corrected chi connectivity index (χ2v) is 4.03. The van der Waals surface area contributed by atoms with E-state index in [1.54, 1.807) is 0 Å². The van der Waals surface area contributed by atoms with E-state index in [1.165, 1.54) is 39.2 Å². The summed E-state index contributed by atoms with van der Waals surface area (Å²) >= 11 is 0. The fraction of sp³-hybridized carbons (Fsp3) is 0.455. The highest BCUT2D eigenvalue weighted by molar-refractivity contribution is 5.90. The molecule has 2 unspecified atom stereocenters. The number of hydrogen-bond acceptors (Lipinski definition) is 3. The summed E-state index contributed by atoms with van der Waals surface area (Å²) in [5.41, 5.74) is -3.14. The van der Waals surface area contributed by atoms with Gasteiger partial charge in [-0.2, -0.15) is 0 Å². The molecule has 0 bridgehead atoms. The van der Waals surface area contributed by atoms with Crippen molar-refractivity contribution in [2.24, 2.45) is 10.8 Å². The van der Waals surface area contributed by atoms with Gasteiger partial charge in [0.25, 0.3) is 0 Å². The van der Waals surface area contributed by atoms with Gasteiger partial charge in [0.15, 0.2) is 0 Å². The average Bonchev–Trinajstić information content (AvgIpc) is 2.21. The second kappa shape index (κ2) is 3.66. The second-order valence-electron chi connectivity index (χ2n) is 4.03. The van der Waals surface area contributed by atoms with Crippen LogP contribution >= 0.6 is 0 Å². The maximum atomic E-state index is 11.3. The van der Waals surface area contributed by atoms with E-state index in [4.69, 9.17) is 4.74 Å². The highest BCUT2D eigenvalue weighted by atomic mass is 16.5. The van der Waals surface area contributed by atoms with Crippen molar-refractivity contribution in [2.45, 2.75) is 13.8 Å². The first-order valence-electron chi connectivity index (χ1n) is 4.71. The van der Waals surface area contributed by atoms with Crippen molar-refractivity contribution in [1.29, 1.82) is 0 Å². The fourth-order valence-electron chi connectivity index (χ4n) is 1.80. The van der Waals surface area contributed by atoms with E-state index in [9.17, 15) is 19.8 Å². The quantitative estimate of drug-likeness (QED) is 0.757. The van der Waals surface area contributed by atoms with Crippen LogP contribution in [0.25, 0.3) is 0 Å². The van der Waals surface area contributed by atoms with E-state index in [0.29, 0.717) is 0 Å². The Balaban J connectivity index is 3.44. The van der Waals surface area contributed by atoms with Gasteiger partial charge >= 0.3 is 11.9 Å². The number of ether oxygens (including phenoxy) is 1. The molecule has 5 nitrogen and oxygen atoms in total. The Morgan fingerprint density at radius 3 is 2.19 bits per heavy atom. The number of carboxylic acids is 2. The summed E-state index contributed by atoms with van der Waals surface area (Å²) in [5, 5.41) is 18.5. The molecule has 2 N–H and O–H groups in total. The number of methoxy groups -OCH3 is 1. The smallest absolute Gasteiger partial charge is 0.318 e. The summed E-state index contributed by atoms with van der Waals surface area (Å²) < 4.78 is 4.98. The number of hydrogen-bond donors (Lipinski definition) is 2. The highest BCUT2D eigenvalue weighted by Gasteiger charge is 2.58. The molecule has 1 rings (SSSR count). The van der Waals surface area contributed by atoms with Gasteiger partial charge in [-0.15, -0.1) is 0 Å². The van der Waals surface area contributed by atoms with Gasteiger partial charge in [0.05, 0.1) is 7.11 Å². The molecule has 0 heterocycles. The minimum absolute atomic E-state index is 0.132. The first-order chi connectivity index (χ1) is 7.30. The van der Waals surface area contributed by atoms with Gasteiger partial charge in [-0.3, -0.25) is 9.59 Å². The first-order valence-corrected chi connectivity index (χ1v) is 4.71. The lowest BCUT2D eigenvalue weighted by molar-refractivity contribution is -0.166. The lowest BCUT2D eigenvalue weighted by atomic mass is 9.62. The number of aliphatic carboxylic acids is 2. The molecule has 0 aromatic rings. The molecule has 0 radical (unpaired) electrons. The summed E-state index contributed by atoms with van der Waals surface area (Å²) in [6, 6.07) is 0. The molecule has 1 aliphatic carbocycles. The van der Waals surface area contributed by atoms with E-state index < -0.39 is 22.8 Å². The van der Waals surface area contributed by atoms with Crippen molar-refractivity contribution < 1.29 is 24.5 Å². The van der Waals surface area contributed by atoms with Gasteiger partial charge in [0.2, 0.25) is 0 Å². The van der Waals surface area contributed by atoms with E-state index in [0.717, 1.165) is 0 Å². The molecule has 1 aliphatic rings. The number of allylic oxidation sites excluding steroid dienone is 2. The van der Waals surface area contributed by atoms with Crippen LogP contribution in [-0.2, 0) is 14.3 Å². The molecular weight excluding hydrogens is 212 g/mol. The van der Waals surface area contributed by atoms with Crippen molar-refractivity contribution in [3.63, 3.8) is 0 Å². The SMILES string of the molecule is COC1=CC=CC(C)(C(=O)O)C1(C)C(=O)O. The summed E-state index contributed by atoms with van der Waals surface area (Å²) in [7, 11) is 1.33. The van der Waals surface area contributed by atoms with Crippen LogP contribution in [0.3, 0.4) is 0 Å². The van der Waals surface area contributed by atoms with Crippen molar-refractivity contribution in [3.8, 4) is 0 Å². The van der Waals surface area contributed by atoms with Crippen LogP contribution in [0.5, 0.6) is 0 Å². The number of carbonyl (C=O) groups is 2. The predicted molar refractivity (Wildman–Crippen MR) is 55.7 cm³/mol. The number of rotatable bonds is 3. The Morgan fingerprint density at radius 2 is 1.81 bits per heavy atom.